The van der Waals surface area contributed by atoms with Gasteiger partial charge in [-0.3, -0.25) is 4.98 Å². The Morgan fingerprint density at radius 1 is 0.842 bits per heavy atom. The Morgan fingerprint density at radius 2 is 1.50 bits per heavy atom. The standard InChI is InChI=1S/C34H36F3N/c1-32(2,3)29-19-26(18-25-8-6-7-9-27(25)29)31-20-28(30(21-38-31)34(35,36)37)24-12-10-22(11-13-24)23-14-16-33(4,5)17-15-23/h6-13,18-21,23H,14-17H2,1-5H3/i23D. The minimum atomic E-state index is -4.54. The first-order valence-electron chi connectivity index (χ1n) is 13.9. The first-order chi connectivity index (χ1) is 18.2. The quantitative estimate of drug-likeness (QED) is 0.264. The van der Waals surface area contributed by atoms with E-state index in [9.17, 15) is 13.2 Å². The van der Waals surface area contributed by atoms with Crippen molar-refractivity contribution in [3.63, 3.8) is 0 Å². The van der Waals surface area contributed by atoms with Gasteiger partial charge in [0.15, 0.2) is 0 Å². The van der Waals surface area contributed by atoms with Crippen LogP contribution in [0.5, 0.6) is 0 Å². The highest BCUT2D eigenvalue weighted by atomic mass is 19.4. The molecule has 1 aliphatic rings. The van der Waals surface area contributed by atoms with Crippen LogP contribution in [0, 0.1) is 5.41 Å². The molecule has 0 atom stereocenters. The van der Waals surface area contributed by atoms with Crippen LogP contribution in [0.1, 0.15) is 84.3 Å². The van der Waals surface area contributed by atoms with E-state index in [0.717, 1.165) is 59.3 Å². The number of fused-ring (bicyclic) bond motifs is 1. The Balaban J connectivity index is 1.59. The summed E-state index contributed by atoms with van der Waals surface area (Å²) in [4.78, 5) is 4.30. The molecule has 0 aliphatic heterocycles. The monoisotopic (exact) mass is 516 g/mol. The lowest BCUT2D eigenvalue weighted by molar-refractivity contribution is -0.137. The van der Waals surface area contributed by atoms with Gasteiger partial charge in [0, 0.05) is 13.1 Å². The molecule has 5 rings (SSSR count). The maximum atomic E-state index is 14.1. The van der Waals surface area contributed by atoms with Crippen LogP contribution in [-0.2, 0) is 11.6 Å². The van der Waals surface area contributed by atoms with Crippen LogP contribution in [0.25, 0.3) is 33.2 Å². The van der Waals surface area contributed by atoms with E-state index in [-0.39, 0.29) is 16.4 Å². The van der Waals surface area contributed by atoms with E-state index in [4.69, 9.17) is 1.37 Å². The average molecular weight is 517 g/mol. The van der Waals surface area contributed by atoms with Gasteiger partial charge in [0.2, 0.25) is 0 Å². The van der Waals surface area contributed by atoms with Crippen molar-refractivity contribution >= 4 is 10.8 Å². The predicted molar refractivity (Wildman–Crippen MR) is 151 cm³/mol. The topological polar surface area (TPSA) is 12.9 Å². The van der Waals surface area contributed by atoms with Crippen LogP contribution >= 0.6 is 0 Å². The third-order valence-electron chi connectivity index (χ3n) is 7.99. The Kier molecular flexibility index (Phi) is 6.32. The van der Waals surface area contributed by atoms with Crippen LogP contribution in [0.4, 0.5) is 13.2 Å². The molecule has 0 radical (unpaired) electrons. The zero-order valence-electron chi connectivity index (χ0n) is 23.8. The van der Waals surface area contributed by atoms with E-state index in [0.29, 0.717) is 11.3 Å². The number of halogens is 3. The molecule has 0 amide bonds. The van der Waals surface area contributed by atoms with Gasteiger partial charge in [-0.2, -0.15) is 13.2 Å². The first-order valence-corrected chi connectivity index (χ1v) is 13.4. The van der Waals surface area contributed by atoms with Gasteiger partial charge in [0.1, 0.15) is 0 Å². The van der Waals surface area contributed by atoms with Crippen molar-refractivity contribution in [2.24, 2.45) is 5.41 Å². The number of alkyl halides is 3. The molecule has 1 fully saturated rings. The second-order valence-electron chi connectivity index (χ2n) is 12.5. The summed E-state index contributed by atoms with van der Waals surface area (Å²) in [5, 5.41) is 2.16. The lowest BCUT2D eigenvalue weighted by atomic mass is 9.71. The van der Waals surface area contributed by atoms with Crippen molar-refractivity contribution in [3.8, 4) is 22.4 Å². The number of hydrogen-bond donors (Lipinski definition) is 0. The minimum absolute atomic E-state index is 0.105. The van der Waals surface area contributed by atoms with Gasteiger partial charge in [-0.1, -0.05) is 83.1 Å². The predicted octanol–water partition coefficient (Wildman–Crippen LogP) is 10.6. The molecule has 38 heavy (non-hydrogen) atoms. The molecule has 1 aromatic heterocycles. The number of aromatic nitrogens is 1. The highest BCUT2D eigenvalue weighted by Crippen LogP contribution is 2.44. The van der Waals surface area contributed by atoms with E-state index in [2.05, 4.69) is 51.7 Å². The molecule has 0 bridgehead atoms. The summed E-state index contributed by atoms with van der Waals surface area (Å²) in [6, 6.07) is 20.9. The molecule has 1 aliphatic carbocycles. The summed E-state index contributed by atoms with van der Waals surface area (Å²) < 4.78 is 51.4. The highest BCUT2D eigenvalue weighted by Gasteiger charge is 2.35. The maximum Gasteiger partial charge on any atom is 0.418 e. The highest BCUT2D eigenvalue weighted by molar-refractivity contribution is 5.91. The summed E-state index contributed by atoms with van der Waals surface area (Å²) in [6.07, 6.45) is -0.140. The Morgan fingerprint density at radius 3 is 2.13 bits per heavy atom. The third-order valence-corrected chi connectivity index (χ3v) is 7.99. The fourth-order valence-corrected chi connectivity index (χ4v) is 5.56. The summed E-state index contributed by atoms with van der Waals surface area (Å²) >= 11 is 0. The molecule has 1 nitrogen and oxygen atoms in total. The molecule has 3 aromatic carbocycles. The molecule has 0 spiro atoms. The van der Waals surface area contributed by atoms with Gasteiger partial charge in [0.05, 0.1) is 11.3 Å². The van der Waals surface area contributed by atoms with Crippen molar-refractivity contribution in [2.45, 2.75) is 77.8 Å². The number of rotatable bonds is 3. The van der Waals surface area contributed by atoms with Gasteiger partial charge >= 0.3 is 6.18 Å². The van der Waals surface area contributed by atoms with Gasteiger partial charge in [0.25, 0.3) is 0 Å². The molecule has 1 saturated carbocycles. The zero-order chi connectivity index (χ0) is 28.2. The normalized spacial score (nSPS) is 17.8. The van der Waals surface area contributed by atoms with Gasteiger partial charge in [-0.15, -0.1) is 0 Å². The first kappa shape index (κ1) is 25.2. The molecule has 4 aromatic rings. The molecule has 0 unspecified atom stereocenters. The summed E-state index contributed by atoms with van der Waals surface area (Å²) in [7, 11) is 0. The van der Waals surface area contributed by atoms with Crippen LogP contribution in [-0.4, -0.2) is 4.98 Å². The van der Waals surface area contributed by atoms with Gasteiger partial charge in [-0.05, 0) is 93.6 Å². The molecule has 0 N–H and O–H groups in total. The van der Waals surface area contributed by atoms with Crippen LogP contribution in [0.3, 0.4) is 0 Å². The van der Waals surface area contributed by atoms with E-state index in [1.54, 1.807) is 18.2 Å². The van der Waals surface area contributed by atoms with Gasteiger partial charge < -0.3 is 0 Å². The fraction of sp³-hybridized carbons (Fsp3) is 0.382. The van der Waals surface area contributed by atoms with E-state index in [1.165, 1.54) is 0 Å². The van der Waals surface area contributed by atoms with Crippen LogP contribution < -0.4 is 0 Å². The lowest BCUT2D eigenvalue weighted by Crippen LogP contribution is -2.20. The van der Waals surface area contributed by atoms with Gasteiger partial charge in [-0.25, -0.2) is 0 Å². The van der Waals surface area contributed by atoms with E-state index in [1.807, 2.05) is 36.4 Å². The molecule has 198 valence electrons. The van der Waals surface area contributed by atoms with Crippen molar-refractivity contribution in [1.82, 2.24) is 4.98 Å². The summed E-state index contributed by atoms with van der Waals surface area (Å²) in [6.45, 7) is 10.9. The minimum Gasteiger partial charge on any atom is -0.256 e. The fourth-order valence-electron chi connectivity index (χ4n) is 5.56. The smallest absolute Gasteiger partial charge is 0.256 e. The third kappa shape index (κ3) is 5.36. The Bertz CT molecular complexity index is 1500. The second-order valence-corrected chi connectivity index (χ2v) is 12.5. The molecular formula is C34H36F3N. The number of hydrogen-bond acceptors (Lipinski definition) is 1. The summed E-state index contributed by atoms with van der Waals surface area (Å²) in [5.41, 5.74) is 3.20. The van der Waals surface area contributed by atoms with Crippen molar-refractivity contribution < 1.29 is 14.5 Å². The Hall–Kier alpha value is -3.14. The van der Waals surface area contributed by atoms with Crippen molar-refractivity contribution in [2.75, 3.05) is 0 Å². The SMILES string of the molecule is [2H]C1(c2ccc(-c3cc(-c4cc(C(C)(C)C)c5ccccc5c4)ncc3C(F)(F)F)cc2)CCC(C)(C)CC1. The van der Waals surface area contributed by atoms with Crippen LogP contribution in [0.2, 0.25) is 0 Å². The summed E-state index contributed by atoms with van der Waals surface area (Å²) in [5.74, 6) is -0.696. The number of nitrogens with zero attached hydrogens (tertiary/aromatic N) is 1. The Labute approximate surface area is 225 Å². The molecule has 4 heteroatoms. The van der Waals surface area contributed by atoms with Crippen molar-refractivity contribution in [1.29, 1.82) is 0 Å². The van der Waals surface area contributed by atoms with E-state index >= 15 is 0 Å². The van der Waals surface area contributed by atoms with E-state index < -0.39 is 17.6 Å². The number of benzene rings is 3. The molecule has 1 heterocycles. The second kappa shape index (κ2) is 9.55. The maximum absolute atomic E-state index is 14.1. The van der Waals surface area contributed by atoms with Crippen LogP contribution in [0.15, 0.2) is 72.9 Å². The van der Waals surface area contributed by atoms with Crippen molar-refractivity contribution in [3.05, 3.63) is 89.6 Å². The number of pyridine rings is 1. The molecular weight excluding hydrogens is 479 g/mol. The average Bonchev–Trinajstić information content (AvgIpc) is 2.88. The largest absolute Gasteiger partial charge is 0.418 e. The molecule has 0 saturated heterocycles. The zero-order valence-corrected chi connectivity index (χ0v) is 22.8. The lowest BCUT2D eigenvalue weighted by Gasteiger charge is -2.34.